The highest BCUT2D eigenvalue weighted by molar-refractivity contribution is 5.74. The minimum absolute atomic E-state index is 0.400. The number of nitrogens with one attached hydrogen (secondary N) is 1. The highest BCUT2D eigenvalue weighted by Gasteiger charge is 2.12. The van der Waals surface area contributed by atoms with Crippen LogP contribution in [-0.4, -0.2) is 4.98 Å². The van der Waals surface area contributed by atoms with Gasteiger partial charge in [0.15, 0.2) is 0 Å². The van der Waals surface area contributed by atoms with Crippen molar-refractivity contribution in [1.29, 1.82) is 5.26 Å². The first-order valence-electron chi connectivity index (χ1n) is 4.87. The van der Waals surface area contributed by atoms with Gasteiger partial charge in [-0.05, 0) is 24.6 Å². The quantitative estimate of drug-likeness (QED) is 0.631. The van der Waals surface area contributed by atoms with Crippen molar-refractivity contribution >= 4 is 11.5 Å². The second-order valence-corrected chi connectivity index (χ2v) is 3.65. The van der Waals surface area contributed by atoms with E-state index in [9.17, 15) is 0 Å². The van der Waals surface area contributed by atoms with Crippen LogP contribution in [0.3, 0.4) is 0 Å². The van der Waals surface area contributed by atoms with Crippen LogP contribution in [0.15, 0.2) is 24.3 Å². The molecule has 1 heterocycles. The summed E-state index contributed by atoms with van der Waals surface area (Å²) < 4.78 is 0. The molecule has 4 heteroatoms. The lowest BCUT2D eigenvalue weighted by molar-refractivity contribution is 1.38. The van der Waals surface area contributed by atoms with Gasteiger partial charge in [0.05, 0.1) is 11.3 Å². The summed E-state index contributed by atoms with van der Waals surface area (Å²) in [6.07, 6.45) is 0. The highest BCUT2D eigenvalue weighted by Crippen LogP contribution is 2.29. The van der Waals surface area contributed by atoms with E-state index in [1.807, 2.05) is 31.2 Å². The van der Waals surface area contributed by atoms with E-state index in [-0.39, 0.29) is 0 Å². The van der Waals surface area contributed by atoms with Crippen molar-refractivity contribution in [1.82, 2.24) is 4.98 Å². The Morgan fingerprint density at radius 3 is 2.62 bits per heavy atom. The first-order valence-corrected chi connectivity index (χ1v) is 4.87. The molecular formula is C12H12N4. The second-order valence-electron chi connectivity index (χ2n) is 3.65. The van der Waals surface area contributed by atoms with Crippen molar-refractivity contribution < 1.29 is 0 Å². The molecule has 5 N–H and O–H groups in total. The fraction of sp³-hybridized carbons (Fsp3) is 0.0833. The Hall–Kier alpha value is -2.41. The number of H-pyrrole nitrogens is 1. The summed E-state index contributed by atoms with van der Waals surface area (Å²) in [6.45, 7) is 1.87. The maximum absolute atomic E-state index is 8.94. The number of benzene rings is 1. The molecular weight excluding hydrogens is 200 g/mol. The molecule has 1 aromatic heterocycles. The molecule has 0 aliphatic carbocycles. The largest absolute Gasteiger partial charge is 0.399 e. The lowest BCUT2D eigenvalue weighted by Gasteiger charge is -2.01. The maximum Gasteiger partial charge on any atom is 0.119 e. The molecule has 0 fully saturated rings. The summed E-state index contributed by atoms with van der Waals surface area (Å²) in [4.78, 5) is 3.01. The van der Waals surface area contributed by atoms with Crippen molar-refractivity contribution in [3.05, 3.63) is 35.4 Å². The van der Waals surface area contributed by atoms with Gasteiger partial charge in [0.2, 0.25) is 0 Å². The second kappa shape index (κ2) is 3.63. The Morgan fingerprint density at radius 1 is 1.31 bits per heavy atom. The molecule has 0 aliphatic heterocycles. The summed E-state index contributed by atoms with van der Waals surface area (Å²) in [6, 6.07) is 9.54. The number of aromatic amines is 1. The Bertz CT molecular complexity index is 575. The van der Waals surface area contributed by atoms with Crippen LogP contribution in [0.2, 0.25) is 0 Å². The van der Waals surface area contributed by atoms with Gasteiger partial charge in [0.25, 0.3) is 0 Å². The van der Waals surface area contributed by atoms with E-state index in [0.717, 1.165) is 16.8 Å². The summed E-state index contributed by atoms with van der Waals surface area (Å²) in [7, 11) is 0. The molecule has 2 rings (SSSR count). The molecule has 2 aromatic rings. The Balaban J connectivity index is 2.62. The SMILES string of the molecule is Cc1c(-c2cccc(N)c2)[nH]c(N)c1C#N. The fourth-order valence-electron chi connectivity index (χ4n) is 1.74. The number of hydrogen-bond acceptors (Lipinski definition) is 3. The molecule has 16 heavy (non-hydrogen) atoms. The van der Waals surface area contributed by atoms with Crippen molar-refractivity contribution in [2.24, 2.45) is 0 Å². The Kier molecular flexibility index (Phi) is 2.29. The Labute approximate surface area is 93.5 Å². The molecule has 0 saturated carbocycles. The molecule has 0 atom stereocenters. The number of nitriles is 1. The van der Waals surface area contributed by atoms with E-state index >= 15 is 0 Å². The molecule has 80 valence electrons. The number of rotatable bonds is 1. The summed E-state index contributed by atoms with van der Waals surface area (Å²) >= 11 is 0. The lowest BCUT2D eigenvalue weighted by Crippen LogP contribution is -1.87. The first kappa shape index (κ1) is 10.1. The average molecular weight is 212 g/mol. The van der Waals surface area contributed by atoms with Gasteiger partial charge in [-0.15, -0.1) is 0 Å². The zero-order valence-corrected chi connectivity index (χ0v) is 8.91. The van der Waals surface area contributed by atoms with E-state index in [1.54, 1.807) is 0 Å². The smallest absolute Gasteiger partial charge is 0.119 e. The van der Waals surface area contributed by atoms with Gasteiger partial charge in [-0.3, -0.25) is 0 Å². The maximum atomic E-state index is 8.94. The third-order valence-electron chi connectivity index (χ3n) is 2.57. The van der Waals surface area contributed by atoms with Crippen LogP contribution in [0.25, 0.3) is 11.3 Å². The monoisotopic (exact) mass is 212 g/mol. The molecule has 0 aliphatic rings. The summed E-state index contributed by atoms with van der Waals surface area (Å²) in [5, 5.41) is 8.94. The minimum Gasteiger partial charge on any atom is -0.399 e. The fourth-order valence-corrected chi connectivity index (χ4v) is 1.74. The number of nitrogen functional groups attached to an aromatic ring is 2. The van der Waals surface area contributed by atoms with Gasteiger partial charge < -0.3 is 16.5 Å². The van der Waals surface area contributed by atoms with Crippen LogP contribution in [0.4, 0.5) is 11.5 Å². The number of hydrogen-bond donors (Lipinski definition) is 3. The van der Waals surface area contributed by atoms with Crippen LogP contribution >= 0.6 is 0 Å². The average Bonchev–Trinajstić information content (AvgIpc) is 2.54. The summed E-state index contributed by atoms with van der Waals surface area (Å²) in [5.41, 5.74) is 15.3. The number of nitrogens with two attached hydrogens (primary N) is 2. The zero-order chi connectivity index (χ0) is 11.7. The van der Waals surface area contributed by atoms with Crippen LogP contribution in [-0.2, 0) is 0 Å². The molecule has 0 amide bonds. The Morgan fingerprint density at radius 2 is 2.06 bits per heavy atom. The molecule has 0 saturated heterocycles. The number of nitrogens with zero attached hydrogens (tertiary/aromatic N) is 1. The lowest BCUT2D eigenvalue weighted by atomic mass is 10.1. The standard InChI is InChI=1S/C12H12N4/c1-7-10(6-13)12(15)16-11(7)8-3-2-4-9(14)5-8/h2-5,16H,14-15H2,1H3. The van der Waals surface area contributed by atoms with Crippen LogP contribution in [0.1, 0.15) is 11.1 Å². The minimum atomic E-state index is 0.400. The third-order valence-corrected chi connectivity index (χ3v) is 2.57. The van der Waals surface area contributed by atoms with Crippen molar-refractivity contribution in [2.45, 2.75) is 6.92 Å². The van der Waals surface area contributed by atoms with Crippen molar-refractivity contribution in [3.63, 3.8) is 0 Å². The topological polar surface area (TPSA) is 91.6 Å². The van der Waals surface area contributed by atoms with Gasteiger partial charge in [-0.25, -0.2) is 0 Å². The molecule has 4 nitrogen and oxygen atoms in total. The first-order chi connectivity index (χ1) is 7.63. The predicted octanol–water partition coefficient (Wildman–Crippen LogP) is 2.03. The zero-order valence-electron chi connectivity index (χ0n) is 8.91. The third kappa shape index (κ3) is 1.48. The van der Waals surface area contributed by atoms with Crippen molar-refractivity contribution in [2.75, 3.05) is 11.5 Å². The van der Waals surface area contributed by atoms with Gasteiger partial charge in [0.1, 0.15) is 11.9 Å². The predicted molar refractivity (Wildman–Crippen MR) is 64.5 cm³/mol. The summed E-state index contributed by atoms with van der Waals surface area (Å²) in [5.74, 6) is 0.400. The number of aromatic nitrogens is 1. The molecule has 0 bridgehead atoms. The van der Waals surface area contributed by atoms with E-state index in [4.69, 9.17) is 16.7 Å². The van der Waals surface area contributed by atoms with E-state index < -0.39 is 0 Å². The van der Waals surface area contributed by atoms with Gasteiger partial charge >= 0.3 is 0 Å². The molecule has 0 unspecified atom stereocenters. The van der Waals surface area contributed by atoms with E-state index in [0.29, 0.717) is 17.1 Å². The van der Waals surface area contributed by atoms with Crippen LogP contribution in [0, 0.1) is 18.3 Å². The van der Waals surface area contributed by atoms with Gasteiger partial charge in [0, 0.05) is 11.3 Å². The van der Waals surface area contributed by atoms with Crippen molar-refractivity contribution in [3.8, 4) is 17.3 Å². The molecule has 0 spiro atoms. The van der Waals surface area contributed by atoms with Gasteiger partial charge in [-0.2, -0.15) is 5.26 Å². The normalized spacial score (nSPS) is 10.0. The number of anilines is 2. The molecule has 0 radical (unpaired) electrons. The van der Waals surface area contributed by atoms with Crippen LogP contribution < -0.4 is 11.5 Å². The van der Waals surface area contributed by atoms with Gasteiger partial charge in [-0.1, -0.05) is 12.1 Å². The van der Waals surface area contributed by atoms with E-state index in [1.165, 1.54) is 0 Å². The highest BCUT2D eigenvalue weighted by atomic mass is 14.9. The van der Waals surface area contributed by atoms with E-state index in [2.05, 4.69) is 11.1 Å². The molecule has 1 aromatic carbocycles. The van der Waals surface area contributed by atoms with Crippen LogP contribution in [0.5, 0.6) is 0 Å².